The average molecular weight is 296 g/mol. The van der Waals surface area contributed by atoms with Gasteiger partial charge in [-0.05, 0) is 38.3 Å². The topological polar surface area (TPSA) is 59.8 Å². The molecule has 1 atom stereocenters. The van der Waals surface area contributed by atoms with E-state index in [1.807, 2.05) is 28.8 Å². The van der Waals surface area contributed by atoms with Gasteiger partial charge in [-0.1, -0.05) is 24.3 Å². The van der Waals surface area contributed by atoms with Crippen LogP contribution >= 0.6 is 0 Å². The summed E-state index contributed by atoms with van der Waals surface area (Å²) in [5.74, 6) is 0.991. The summed E-state index contributed by atoms with van der Waals surface area (Å²) in [7, 11) is 0. The molecule has 1 aromatic heterocycles. The predicted octanol–water partition coefficient (Wildman–Crippen LogP) is 3.26. The lowest BCUT2D eigenvalue weighted by atomic mass is 9.93. The van der Waals surface area contributed by atoms with Gasteiger partial charge in [0, 0.05) is 23.7 Å². The van der Waals surface area contributed by atoms with Crippen molar-refractivity contribution in [1.82, 2.24) is 14.8 Å². The number of rotatable bonds is 4. The minimum atomic E-state index is 0.0768. The number of hydrogen-bond acceptors (Lipinski definition) is 3. The van der Waals surface area contributed by atoms with E-state index in [9.17, 15) is 4.79 Å². The molecule has 5 nitrogen and oxygen atoms in total. The number of benzene rings is 1. The van der Waals surface area contributed by atoms with E-state index in [1.165, 1.54) is 0 Å². The first kappa shape index (κ1) is 14.5. The Morgan fingerprint density at radius 3 is 3.09 bits per heavy atom. The van der Waals surface area contributed by atoms with E-state index < -0.39 is 0 Å². The van der Waals surface area contributed by atoms with E-state index in [2.05, 4.69) is 34.6 Å². The van der Waals surface area contributed by atoms with Gasteiger partial charge in [-0.3, -0.25) is 4.79 Å². The first-order valence-corrected chi connectivity index (χ1v) is 7.72. The maximum absolute atomic E-state index is 12.3. The maximum Gasteiger partial charge on any atom is 0.227 e. The molecule has 2 aromatic rings. The first-order valence-electron chi connectivity index (χ1n) is 7.72. The molecule has 0 saturated carbocycles. The SMILES string of the molecule is CCn1cnnc1-c1cccc(NC(=O)C2CC=CCC2)c1. The van der Waals surface area contributed by atoms with Crippen molar-refractivity contribution in [2.45, 2.75) is 32.7 Å². The number of nitrogens with zero attached hydrogens (tertiary/aromatic N) is 3. The van der Waals surface area contributed by atoms with Crippen LogP contribution in [0.3, 0.4) is 0 Å². The van der Waals surface area contributed by atoms with Crippen LogP contribution in [0.1, 0.15) is 26.2 Å². The molecule has 0 bridgehead atoms. The molecule has 1 aliphatic rings. The van der Waals surface area contributed by atoms with Crippen LogP contribution in [-0.2, 0) is 11.3 Å². The quantitative estimate of drug-likeness (QED) is 0.881. The Morgan fingerprint density at radius 2 is 2.32 bits per heavy atom. The highest BCUT2D eigenvalue weighted by Crippen LogP contribution is 2.23. The fraction of sp³-hybridized carbons (Fsp3) is 0.353. The van der Waals surface area contributed by atoms with Gasteiger partial charge in [-0.15, -0.1) is 10.2 Å². The van der Waals surface area contributed by atoms with Crippen molar-refractivity contribution in [3.05, 3.63) is 42.7 Å². The van der Waals surface area contributed by atoms with Gasteiger partial charge in [0.25, 0.3) is 0 Å². The highest BCUT2D eigenvalue weighted by molar-refractivity contribution is 5.93. The average Bonchev–Trinajstić information content (AvgIpc) is 3.04. The summed E-state index contributed by atoms with van der Waals surface area (Å²) >= 11 is 0. The number of allylic oxidation sites excluding steroid dienone is 2. The summed E-state index contributed by atoms with van der Waals surface area (Å²) in [5.41, 5.74) is 1.77. The zero-order valence-electron chi connectivity index (χ0n) is 12.7. The van der Waals surface area contributed by atoms with E-state index in [0.717, 1.165) is 42.9 Å². The third-order valence-corrected chi connectivity index (χ3v) is 3.98. The number of nitrogens with one attached hydrogen (secondary N) is 1. The van der Waals surface area contributed by atoms with Gasteiger partial charge in [-0.2, -0.15) is 0 Å². The number of aromatic nitrogens is 3. The standard InChI is InChI=1S/C17H20N4O/c1-2-21-12-18-20-16(21)14-9-6-10-15(11-14)19-17(22)13-7-4-3-5-8-13/h3-4,6,9-13H,2,5,7-8H2,1H3,(H,19,22). The van der Waals surface area contributed by atoms with Crippen molar-refractivity contribution in [2.75, 3.05) is 5.32 Å². The van der Waals surface area contributed by atoms with E-state index in [1.54, 1.807) is 6.33 Å². The van der Waals surface area contributed by atoms with Gasteiger partial charge in [0.1, 0.15) is 6.33 Å². The number of carbonyl (C=O) groups excluding carboxylic acids is 1. The maximum atomic E-state index is 12.3. The Morgan fingerprint density at radius 1 is 1.41 bits per heavy atom. The summed E-state index contributed by atoms with van der Waals surface area (Å²) in [6.45, 7) is 2.86. The van der Waals surface area contributed by atoms with E-state index in [4.69, 9.17) is 0 Å². The van der Waals surface area contributed by atoms with Gasteiger partial charge >= 0.3 is 0 Å². The van der Waals surface area contributed by atoms with Crippen LogP contribution in [0.4, 0.5) is 5.69 Å². The molecule has 0 spiro atoms. The second-order valence-corrected chi connectivity index (χ2v) is 5.49. The first-order chi connectivity index (χ1) is 10.8. The molecule has 1 heterocycles. The third-order valence-electron chi connectivity index (χ3n) is 3.98. The van der Waals surface area contributed by atoms with Crippen molar-refractivity contribution in [1.29, 1.82) is 0 Å². The normalized spacial score (nSPS) is 17.4. The van der Waals surface area contributed by atoms with Crippen molar-refractivity contribution >= 4 is 11.6 Å². The van der Waals surface area contributed by atoms with Crippen LogP contribution in [0.2, 0.25) is 0 Å². The van der Waals surface area contributed by atoms with Crippen LogP contribution in [0.15, 0.2) is 42.7 Å². The Labute approximate surface area is 130 Å². The van der Waals surface area contributed by atoms with Crippen molar-refractivity contribution < 1.29 is 4.79 Å². The van der Waals surface area contributed by atoms with E-state index in [0.29, 0.717) is 0 Å². The lowest BCUT2D eigenvalue weighted by Crippen LogP contribution is -2.23. The van der Waals surface area contributed by atoms with Crippen LogP contribution in [0.25, 0.3) is 11.4 Å². The Bertz CT molecular complexity index is 689. The molecule has 0 fully saturated rings. The molecular formula is C17H20N4O. The number of hydrogen-bond donors (Lipinski definition) is 1. The molecule has 1 unspecified atom stereocenters. The molecule has 1 aromatic carbocycles. The van der Waals surface area contributed by atoms with Gasteiger partial charge in [0.2, 0.25) is 5.91 Å². The van der Waals surface area contributed by atoms with E-state index in [-0.39, 0.29) is 11.8 Å². The van der Waals surface area contributed by atoms with E-state index >= 15 is 0 Å². The van der Waals surface area contributed by atoms with Gasteiger partial charge in [-0.25, -0.2) is 0 Å². The van der Waals surface area contributed by atoms with Gasteiger partial charge in [0.15, 0.2) is 5.82 Å². The molecule has 22 heavy (non-hydrogen) atoms. The van der Waals surface area contributed by atoms with Crippen LogP contribution < -0.4 is 5.32 Å². The number of aryl methyl sites for hydroxylation is 1. The monoisotopic (exact) mass is 296 g/mol. The number of anilines is 1. The Balaban J connectivity index is 1.76. The van der Waals surface area contributed by atoms with Crippen molar-refractivity contribution in [3.63, 3.8) is 0 Å². The van der Waals surface area contributed by atoms with Crippen molar-refractivity contribution in [2.24, 2.45) is 5.92 Å². The molecule has 1 N–H and O–H groups in total. The highest BCUT2D eigenvalue weighted by atomic mass is 16.1. The number of amides is 1. The van der Waals surface area contributed by atoms with Gasteiger partial charge in [0.05, 0.1) is 0 Å². The summed E-state index contributed by atoms with van der Waals surface area (Å²) in [4.78, 5) is 12.3. The smallest absolute Gasteiger partial charge is 0.227 e. The second-order valence-electron chi connectivity index (χ2n) is 5.49. The summed E-state index contributed by atoms with van der Waals surface area (Å²) in [6, 6.07) is 7.77. The lowest BCUT2D eigenvalue weighted by molar-refractivity contribution is -0.120. The Kier molecular flexibility index (Phi) is 4.32. The zero-order valence-corrected chi connectivity index (χ0v) is 12.7. The van der Waals surface area contributed by atoms with Crippen LogP contribution in [0.5, 0.6) is 0 Å². The molecule has 114 valence electrons. The Hall–Kier alpha value is -2.43. The van der Waals surface area contributed by atoms with Crippen LogP contribution in [-0.4, -0.2) is 20.7 Å². The fourth-order valence-electron chi connectivity index (χ4n) is 2.72. The molecule has 0 aliphatic heterocycles. The minimum Gasteiger partial charge on any atom is -0.326 e. The molecule has 1 amide bonds. The van der Waals surface area contributed by atoms with Crippen LogP contribution in [0, 0.1) is 5.92 Å². The zero-order chi connectivity index (χ0) is 15.4. The molecule has 0 radical (unpaired) electrons. The predicted molar refractivity (Wildman–Crippen MR) is 86.2 cm³/mol. The molecular weight excluding hydrogens is 276 g/mol. The second kappa shape index (κ2) is 6.56. The minimum absolute atomic E-state index is 0.0768. The number of carbonyl (C=O) groups is 1. The summed E-state index contributed by atoms with van der Waals surface area (Å²) < 4.78 is 1.98. The van der Waals surface area contributed by atoms with Gasteiger partial charge < -0.3 is 9.88 Å². The summed E-state index contributed by atoms with van der Waals surface area (Å²) in [5, 5.41) is 11.1. The molecule has 5 heteroatoms. The van der Waals surface area contributed by atoms with Crippen molar-refractivity contribution in [3.8, 4) is 11.4 Å². The largest absolute Gasteiger partial charge is 0.326 e. The molecule has 1 aliphatic carbocycles. The third kappa shape index (κ3) is 3.08. The molecule has 3 rings (SSSR count). The fourth-order valence-corrected chi connectivity index (χ4v) is 2.72. The highest BCUT2D eigenvalue weighted by Gasteiger charge is 2.18. The summed E-state index contributed by atoms with van der Waals surface area (Å²) in [6.07, 6.45) is 8.68. The lowest BCUT2D eigenvalue weighted by Gasteiger charge is -2.17. The molecule has 0 saturated heterocycles.